The summed E-state index contributed by atoms with van der Waals surface area (Å²) in [5.74, 6) is -8.48. The van der Waals surface area contributed by atoms with Crippen molar-refractivity contribution in [3.8, 4) is 0 Å². The van der Waals surface area contributed by atoms with E-state index in [9.17, 15) is 44.7 Å². The molecule has 2 aliphatic rings. The highest BCUT2D eigenvalue weighted by Crippen LogP contribution is 2.48. The standard InChI is InChI=1S/C22H28F8O5/c1-12(2)16(31)35-19(10-14-5-4-6-15(9-14)11-19)7-8-33-13(3)17(32)34-18(21(25,26)27)20(23,24)22(28,29)30/h13-15,18H,1,4-11H2,2-3H3. The summed E-state index contributed by atoms with van der Waals surface area (Å²) in [4.78, 5) is 24.1. The molecule has 4 atom stereocenters. The van der Waals surface area contributed by atoms with Crippen LogP contribution >= 0.6 is 0 Å². The van der Waals surface area contributed by atoms with Gasteiger partial charge in [-0.05, 0) is 44.9 Å². The van der Waals surface area contributed by atoms with E-state index in [1.54, 1.807) is 0 Å². The van der Waals surface area contributed by atoms with Gasteiger partial charge in [-0.1, -0.05) is 25.8 Å². The maximum Gasteiger partial charge on any atom is 0.457 e. The van der Waals surface area contributed by atoms with E-state index in [-0.39, 0.29) is 30.4 Å². The first kappa shape index (κ1) is 29.3. The van der Waals surface area contributed by atoms with E-state index in [0.717, 1.165) is 32.6 Å². The second kappa shape index (κ2) is 10.6. The van der Waals surface area contributed by atoms with Crippen LogP contribution in [0.15, 0.2) is 12.2 Å². The smallest absolute Gasteiger partial charge is 0.456 e. The normalized spacial score (nSPS) is 27.0. The van der Waals surface area contributed by atoms with Gasteiger partial charge in [-0.15, -0.1) is 0 Å². The van der Waals surface area contributed by atoms with Crippen LogP contribution in [-0.2, 0) is 23.8 Å². The molecule has 0 aromatic rings. The van der Waals surface area contributed by atoms with E-state index < -0.39 is 48.0 Å². The largest absolute Gasteiger partial charge is 0.457 e. The van der Waals surface area contributed by atoms with Crippen LogP contribution in [0.2, 0.25) is 0 Å². The Labute approximate surface area is 197 Å². The van der Waals surface area contributed by atoms with E-state index >= 15 is 0 Å². The fraction of sp³-hybridized carbons (Fsp3) is 0.818. The van der Waals surface area contributed by atoms with Gasteiger partial charge in [0.15, 0.2) is 6.10 Å². The molecule has 2 aliphatic carbocycles. The number of rotatable bonds is 9. The highest BCUT2D eigenvalue weighted by molar-refractivity contribution is 5.87. The van der Waals surface area contributed by atoms with Gasteiger partial charge in [0.05, 0.1) is 6.61 Å². The van der Waals surface area contributed by atoms with Crippen LogP contribution in [0.5, 0.6) is 0 Å². The Hall–Kier alpha value is -1.92. The molecule has 202 valence electrons. The highest BCUT2D eigenvalue weighted by Gasteiger charge is 2.72. The maximum absolute atomic E-state index is 13.3. The summed E-state index contributed by atoms with van der Waals surface area (Å²) in [7, 11) is 0. The van der Waals surface area contributed by atoms with E-state index in [0.29, 0.717) is 12.8 Å². The van der Waals surface area contributed by atoms with Gasteiger partial charge in [-0.2, -0.15) is 35.1 Å². The van der Waals surface area contributed by atoms with Crippen LogP contribution < -0.4 is 0 Å². The zero-order valence-corrected chi connectivity index (χ0v) is 19.2. The molecule has 35 heavy (non-hydrogen) atoms. The number of halogens is 8. The van der Waals surface area contributed by atoms with Gasteiger partial charge in [-0.3, -0.25) is 0 Å². The predicted octanol–water partition coefficient (Wildman–Crippen LogP) is 5.91. The number of hydrogen-bond donors (Lipinski definition) is 0. The van der Waals surface area contributed by atoms with Crippen molar-refractivity contribution in [2.45, 2.75) is 94.9 Å². The topological polar surface area (TPSA) is 61.8 Å². The van der Waals surface area contributed by atoms with Crippen molar-refractivity contribution in [3.05, 3.63) is 12.2 Å². The van der Waals surface area contributed by atoms with Crippen LogP contribution in [-0.4, -0.2) is 54.6 Å². The molecule has 4 unspecified atom stereocenters. The van der Waals surface area contributed by atoms with E-state index in [1.807, 2.05) is 0 Å². The molecule has 0 aromatic heterocycles. The van der Waals surface area contributed by atoms with Gasteiger partial charge in [0.25, 0.3) is 6.10 Å². The van der Waals surface area contributed by atoms with Crippen molar-refractivity contribution >= 4 is 11.9 Å². The number of fused-ring (bicyclic) bond motifs is 2. The third kappa shape index (κ3) is 7.29. The number of esters is 2. The van der Waals surface area contributed by atoms with Crippen LogP contribution in [0.1, 0.15) is 58.8 Å². The molecule has 2 saturated carbocycles. The monoisotopic (exact) mass is 524 g/mol. The maximum atomic E-state index is 13.3. The van der Waals surface area contributed by atoms with Crippen LogP contribution in [0.25, 0.3) is 0 Å². The minimum atomic E-state index is -6.60. The summed E-state index contributed by atoms with van der Waals surface area (Å²) in [6.07, 6.45) is -14.5. The molecule has 0 radical (unpaired) electrons. The van der Waals surface area contributed by atoms with Gasteiger partial charge in [0.1, 0.15) is 5.60 Å². The van der Waals surface area contributed by atoms with Gasteiger partial charge in [-0.25, -0.2) is 9.59 Å². The molecule has 0 amide bonds. The van der Waals surface area contributed by atoms with E-state index in [1.165, 1.54) is 6.92 Å². The average molecular weight is 524 g/mol. The molecule has 2 bridgehead atoms. The first-order valence-electron chi connectivity index (χ1n) is 11.1. The summed E-state index contributed by atoms with van der Waals surface area (Å²) in [5.41, 5.74) is -0.826. The number of hydrogen-bond acceptors (Lipinski definition) is 5. The molecule has 0 spiro atoms. The molecular formula is C22H28F8O5. The molecular weight excluding hydrogens is 496 g/mol. The SMILES string of the molecule is C=C(C)C(=O)OC1(CCOC(C)C(=O)OC(C(F)(F)F)C(F)(F)C(F)(F)F)CC2CCCC(C2)C1. The van der Waals surface area contributed by atoms with Gasteiger partial charge < -0.3 is 14.2 Å². The van der Waals surface area contributed by atoms with Crippen molar-refractivity contribution in [1.82, 2.24) is 0 Å². The zero-order chi connectivity index (χ0) is 26.8. The molecule has 2 rings (SSSR count). The van der Waals surface area contributed by atoms with Gasteiger partial charge in [0.2, 0.25) is 0 Å². The third-order valence-corrected chi connectivity index (χ3v) is 6.37. The summed E-state index contributed by atoms with van der Waals surface area (Å²) in [6, 6.07) is 0. The zero-order valence-electron chi connectivity index (χ0n) is 19.2. The quantitative estimate of drug-likeness (QED) is 0.213. The third-order valence-electron chi connectivity index (χ3n) is 6.37. The lowest BCUT2D eigenvalue weighted by Crippen LogP contribution is -2.56. The Morgan fingerprint density at radius 3 is 2.03 bits per heavy atom. The molecule has 0 N–H and O–H groups in total. The van der Waals surface area contributed by atoms with E-state index in [2.05, 4.69) is 11.3 Å². The summed E-state index contributed by atoms with van der Waals surface area (Å²) >= 11 is 0. The summed E-state index contributed by atoms with van der Waals surface area (Å²) in [5, 5.41) is 0. The first-order valence-corrected chi connectivity index (χ1v) is 11.1. The number of carbonyl (C=O) groups excluding carboxylic acids is 2. The molecule has 13 heteroatoms. The van der Waals surface area contributed by atoms with Gasteiger partial charge in [0, 0.05) is 12.0 Å². The van der Waals surface area contributed by atoms with Crippen LogP contribution in [0.4, 0.5) is 35.1 Å². The lowest BCUT2D eigenvalue weighted by molar-refractivity contribution is -0.361. The summed E-state index contributed by atoms with van der Waals surface area (Å²) < 4.78 is 117. The molecule has 5 nitrogen and oxygen atoms in total. The van der Waals surface area contributed by atoms with Crippen LogP contribution in [0, 0.1) is 11.8 Å². The average Bonchev–Trinajstić information content (AvgIpc) is 2.69. The van der Waals surface area contributed by atoms with Crippen molar-refractivity contribution in [2.75, 3.05) is 6.61 Å². The molecule has 0 aliphatic heterocycles. The van der Waals surface area contributed by atoms with Crippen molar-refractivity contribution in [2.24, 2.45) is 11.8 Å². The second-order valence-electron chi connectivity index (χ2n) is 9.40. The van der Waals surface area contributed by atoms with Crippen molar-refractivity contribution < 1.29 is 58.9 Å². The van der Waals surface area contributed by atoms with Crippen molar-refractivity contribution in [1.29, 1.82) is 0 Å². The minimum Gasteiger partial charge on any atom is -0.456 e. The Morgan fingerprint density at radius 2 is 1.57 bits per heavy atom. The Balaban J connectivity index is 2.06. The molecule has 0 aromatic carbocycles. The lowest BCUT2D eigenvalue weighted by atomic mass is 9.65. The molecule has 0 saturated heterocycles. The number of carbonyl (C=O) groups is 2. The Morgan fingerprint density at radius 1 is 1.03 bits per heavy atom. The van der Waals surface area contributed by atoms with Gasteiger partial charge >= 0.3 is 30.2 Å². The fourth-order valence-electron chi connectivity index (χ4n) is 4.73. The summed E-state index contributed by atoms with van der Waals surface area (Å²) in [6.45, 7) is 5.52. The van der Waals surface area contributed by atoms with E-state index in [4.69, 9.17) is 9.47 Å². The van der Waals surface area contributed by atoms with Crippen LogP contribution in [0.3, 0.4) is 0 Å². The number of alkyl halides is 8. The molecule has 0 heterocycles. The Kier molecular flexibility index (Phi) is 8.87. The highest BCUT2D eigenvalue weighted by atomic mass is 19.4. The minimum absolute atomic E-state index is 0.0397. The fourth-order valence-corrected chi connectivity index (χ4v) is 4.73. The van der Waals surface area contributed by atoms with Crippen molar-refractivity contribution in [3.63, 3.8) is 0 Å². The molecule has 2 fully saturated rings. The predicted molar refractivity (Wildman–Crippen MR) is 105 cm³/mol. The number of ether oxygens (including phenoxy) is 3. The second-order valence-corrected chi connectivity index (χ2v) is 9.40. The first-order chi connectivity index (χ1) is 15.9. The lowest BCUT2D eigenvalue weighted by Gasteiger charge is -2.46. The Bertz CT molecular complexity index is 780.